The highest BCUT2D eigenvalue weighted by atomic mass is 15.2. The Kier molecular flexibility index (Phi) is 5.38. The number of pyridine rings is 1. The highest BCUT2D eigenvalue weighted by Crippen LogP contribution is 2.08. The van der Waals surface area contributed by atoms with Gasteiger partial charge in [-0.15, -0.1) is 0 Å². The maximum absolute atomic E-state index is 5.69. The summed E-state index contributed by atoms with van der Waals surface area (Å²) in [5.74, 6) is 0.596. The first-order valence-electron chi connectivity index (χ1n) is 6.13. The van der Waals surface area contributed by atoms with E-state index in [1.807, 2.05) is 18.2 Å². The molecule has 4 nitrogen and oxygen atoms in total. The molecule has 0 aliphatic heterocycles. The molecular weight excluding hydrogens is 212 g/mol. The predicted octanol–water partition coefficient (Wildman–Crippen LogP) is 1.44. The Balaban J connectivity index is 2.63. The summed E-state index contributed by atoms with van der Waals surface area (Å²) in [6.07, 6.45) is 0. The molecule has 17 heavy (non-hydrogen) atoms. The highest BCUT2D eigenvalue weighted by molar-refractivity contribution is 5.28. The summed E-state index contributed by atoms with van der Waals surface area (Å²) in [5, 5.41) is 0. The Bertz CT molecular complexity index is 338. The van der Waals surface area contributed by atoms with Gasteiger partial charge >= 0.3 is 0 Å². The van der Waals surface area contributed by atoms with Crippen molar-refractivity contribution in [3.05, 3.63) is 23.9 Å². The maximum Gasteiger partial charge on any atom is 0.123 e. The van der Waals surface area contributed by atoms with E-state index in [9.17, 15) is 0 Å². The quantitative estimate of drug-likeness (QED) is 0.812. The van der Waals surface area contributed by atoms with Crippen LogP contribution in [0.1, 0.15) is 19.5 Å². The third-order valence-electron chi connectivity index (χ3n) is 2.85. The molecule has 0 amide bonds. The van der Waals surface area contributed by atoms with Gasteiger partial charge in [0.2, 0.25) is 0 Å². The molecule has 1 unspecified atom stereocenters. The molecule has 96 valence electrons. The van der Waals surface area contributed by atoms with Crippen LogP contribution in [0.15, 0.2) is 18.2 Å². The van der Waals surface area contributed by atoms with E-state index in [4.69, 9.17) is 5.73 Å². The lowest BCUT2D eigenvalue weighted by Crippen LogP contribution is -2.39. The van der Waals surface area contributed by atoms with Crippen LogP contribution in [0.2, 0.25) is 0 Å². The van der Waals surface area contributed by atoms with E-state index in [0.29, 0.717) is 11.9 Å². The Morgan fingerprint density at radius 1 is 1.35 bits per heavy atom. The van der Waals surface area contributed by atoms with E-state index in [0.717, 1.165) is 25.3 Å². The average Bonchev–Trinajstić information content (AvgIpc) is 2.24. The van der Waals surface area contributed by atoms with Gasteiger partial charge in [0.1, 0.15) is 5.82 Å². The molecule has 0 aromatic carbocycles. The van der Waals surface area contributed by atoms with Gasteiger partial charge in [-0.25, -0.2) is 4.98 Å². The summed E-state index contributed by atoms with van der Waals surface area (Å²) < 4.78 is 0. The van der Waals surface area contributed by atoms with Crippen LogP contribution in [-0.4, -0.2) is 48.0 Å². The number of nitrogens with two attached hydrogens (primary N) is 1. The lowest BCUT2D eigenvalue weighted by atomic mass is 10.2. The van der Waals surface area contributed by atoms with Crippen LogP contribution < -0.4 is 5.73 Å². The standard InChI is InChI=1S/C13H24N4/c1-5-17(11(2)9-16(3)4)10-12-7-6-8-13(14)15-12/h6-8,11H,5,9-10H2,1-4H3,(H2,14,15). The van der Waals surface area contributed by atoms with Crippen LogP contribution in [0.3, 0.4) is 0 Å². The van der Waals surface area contributed by atoms with Crippen molar-refractivity contribution < 1.29 is 0 Å². The van der Waals surface area contributed by atoms with E-state index >= 15 is 0 Å². The lowest BCUT2D eigenvalue weighted by molar-refractivity contribution is 0.172. The normalized spacial score (nSPS) is 13.3. The molecule has 0 aliphatic carbocycles. The van der Waals surface area contributed by atoms with Gasteiger partial charge in [-0.1, -0.05) is 13.0 Å². The zero-order valence-corrected chi connectivity index (χ0v) is 11.3. The van der Waals surface area contributed by atoms with E-state index in [2.05, 4.69) is 42.7 Å². The van der Waals surface area contributed by atoms with Crippen molar-refractivity contribution in [2.75, 3.05) is 32.9 Å². The molecule has 4 heteroatoms. The van der Waals surface area contributed by atoms with Gasteiger partial charge in [0.15, 0.2) is 0 Å². The monoisotopic (exact) mass is 236 g/mol. The fourth-order valence-corrected chi connectivity index (χ4v) is 2.02. The van der Waals surface area contributed by atoms with Crippen molar-refractivity contribution in [2.45, 2.75) is 26.4 Å². The summed E-state index contributed by atoms with van der Waals surface area (Å²) in [5.41, 5.74) is 6.73. The Morgan fingerprint density at radius 3 is 2.59 bits per heavy atom. The molecule has 1 aromatic heterocycles. The molecule has 1 heterocycles. The minimum absolute atomic E-state index is 0.512. The van der Waals surface area contributed by atoms with E-state index < -0.39 is 0 Å². The largest absolute Gasteiger partial charge is 0.384 e. The summed E-state index contributed by atoms with van der Waals surface area (Å²) in [4.78, 5) is 8.96. The van der Waals surface area contributed by atoms with Crippen molar-refractivity contribution in [1.29, 1.82) is 0 Å². The molecule has 1 aromatic rings. The second kappa shape index (κ2) is 6.57. The van der Waals surface area contributed by atoms with Gasteiger partial charge in [0, 0.05) is 19.1 Å². The lowest BCUT2D eigenvalue weighted by Gasteiger charge is -2.29. The third-order valence-corrected chi connectivity index (χ3v) is 2.85. The molecule has 0 saturated carbocycles. The van der Waals surface area contributed by atoms with Crippen LogP contribution in [0.4, 0.5) is 5.82 Å². The zero-order valence-electron chi connectivity index (χ0n) is 11.3. The minimum Gasteiger partial charge on any atom is -0.384 e. The predicted molar refractivity (Wildman–Crippen MR) is 72.7 cm³/mol. The number of nitrogens with zero attached hydrogens (tertiary/aromatic N) is 3. The molecule has 0 fully saturated rings. The smallest absolute Gasteiger partial charge is 0.123 e. The van der Waals surface area contributed by atoms with Crippen molar-refractivity contribution >= 4 is 5.82 Å². The summed E-state index contributed by atoms with van der Waals surface area (Å²) in [6.45, 7) is 7.35. The zero-order chi connectivity index (χ0) is 12.8. The van der Waals surface area contributed by atoms with Crippen LogP contribution in [0, 0.1) is 0 Å². The third kappa shape index (κ3) is 4.71. The van der Waals surface area contributed by atoms with Crippen LogP contribution >= 0.6 is 0 Å². The number of anilines is 1. The summed E-state index contributed by atoms with van der Waals surface area (Å²) in [7, 11) is 4.20. The van der Waals surface area contributed by atoms with Gasteiger partial charge in [-0.05, 0) is 39.7 Å². The Hall–Kier alpha value is -1.13. The molecule has 2 N–H and O–H groups in total. The SMILES string of the molecule is CCN(Cc1cccc(N)n1)C(C)CN(C)C. The molecular formula is C13H24N4. The number of nitrogen functional groups attached to an aromatic ring is 1. The summed E-state index contributed by atoms with van der Waals surface area (Å²) in [6, 6.07) is 6.32. The Labute approximate surface area is 104 Å². The minimum atomic E-state index is 0.512. The number of aromatic nitrogens is 1. The first kappa shape index (κ1) is 13.9. The van der Waals surface area contributed by atoms with Gasteiger partial charge in [-0.2, -0.15) is 0 Å². The Morgan fingerprint density at radius 2 is 2.06 bits per heavy atom. The fourth-order valence-electron chi connectivity index (χ4n) is 2.02. The van der Waals surface area contributed by atoms with Crippen molar-refractivity contribution in [1.82, 2.24) is 14.8 Å². The summed E-state index contributed by atoms with van der Waals surface area (Å²) >= 11 is 0. The van der Waals surface area contributed by atoms with Crippen molar-refractivity contribution in [2.24, 2.45) is 0 Å². The van der Waals surface area contributed by atoms with Crippen molar-refractivity contribution in [3.63, 3.8) is 0 Å². The molecule has 0 radical (unpaired) electrons. The van der Waals surface area contributed by atoms with Gasteiger partial charge < -0.3 is 10.6 Å². The first-order valence-corrected chi connectivity index (χ1v) is 6.13. The number of likely N-dealkylation sites (N-methyl/N-ethyl adjacent to an activating group) is 2. The topological polar surface area (TPSA) is 45.4 Å². The molecule has 0 aliphatic rings. The second-order valence-electron chi connectivity index (χ2n) is 4.73. The second-order valence-corrected chi connectivity index (χ2v) is 4.73. The molecule has 0 saturated heterocycles. The molecule has 1 rings (SSSR count). The van der Waals surface area contributed by atoms with Crippen LogP contribution in [0.5, 0.6) is 0 Å². The number of hydrogen-bond donors (Lipinski definition) is 1. The maximum atomic E-state index is 5.69. The van der Waals surface area contributed by atoms with Crippen molar-refractivity contribution in [3.8, 4) is 0 Å². The van der Waals surface area contributed by atoms with Gasteiger partial charge in [0.05, 0.1) is 5.69 Å². The van der Waals surface area contributed by atoms with Crippen LogP contribution in [-0.2, 0) is 6.54 Å². The van der Waals surface area contributed by atoms with E-state index in [1.165, 1.54) is 0 Å². The average molecular weight is 236 g/mol. The molecule has 0 bridgehead atoms. The molecule has 0 spiro atoms. The first-order chi connectivity index (χ1) is 8.02. The van der Waals surface area contributed by atoms with E-state index in [1.54, 1.807) is 0 Å². The number of hydrogen-bond acceptors (Lipinski definition) is 4. The van der Waals surface area contributed by atoms with Gasteiger partial charge in [0.25, 0.3) is 0 Å². The molecule has 1 atom stereocenters. The van der Waals surface area contributed by atoms with E-state index in [-0.39, 0.29) is 0 Å². The van der Waals surface area contributed by atoms with Gasteiger partial charge in [-0.3, -0.25) is 4.90 Å². The number of rotatable bonds is 6. The fraction of sp³-hybridized carbons (Fsp3) is 0.615. The highest BCUT2D eigenvalue weighted by Gasteiger charge is 2.13. The van der Waals surface area contributed by atoms with Crippen LogP contribution in [0.25, 0.3) is 0 Å².